The first-order valence-corrected chi connectivity index (χ1v) is 8.10. The molecular formula is C19H15FN4O3. The molecule has 0 saturated carbocycles. The van der Waals surface area contributed by atoms with Crippen LogP contribution in [-0.4, -0.2) is 26.6 Å². The summed E-state index contributed by atoms with van der Waals surface area (Å²) in [5.41, 5.74) is 1.94. The van der Waals surface area contributed by atoms with Crippen molar-refractivity contribution in [1.29, 1.82) is 0 Å². The van der Waals surface area contributed by atoms with Crippen LogP contribution in [0.4, 0.5) is 4.39 Å². The summed E-state index contributed by atoms with van der Waals surface area (Å²) in [6, 6.07) is 8.02. The highest BCUT2D eigenvalue weighted by molar-refractivity contribution is 5.75. The van der Waals surface area contributed by atoms with Crippen molar-refractivity contribution < 1.29 is 13.9 Å². The number of imidazole rings is 1. The lowest BCUT2D eigenvalue weighted by Gasteiger charge is -2.10. The first kappa shape index (κ1) is 16.8. The number of nitrogens with one attached hydrogen (secondary N) is 1. The van der Waals surface area contributed by atoms with Crippen LogP contribution < -0.4 is 15.2 Å². The number of aromatic nitrogens is 4. The van der Waals surface area contributed by atoms with Crippen molar-refractivity contribution in [3.63, 3.8) is 0 Å². The van der Waals surface area contributed by atoms with E-state index in [4.69, 9.17) is 9.47 Å². The molecule has 0 aliphatic rings. The Balaban J connectivity index is 1.71. The SMILES string of the molecule is COc1cc(Oc2ncc(-n3c(=O)[nH]c4cnccc43)cc2F)ccc1C. The number of hydrogen-bond donors (Lipinski definition) is 1. The fourth-order valence-corrected chi connectivity index (χ4v) is 2.80. The van der Waals surface area contributed by atoms with Crippen LogP contribution in [0.2, 0.25) is 0 Å². The van der Waals surface area contributed by atoms with Crippen molar-refractivity contribution in [2.75, 3.05) is 7.11 Å². The van der Waals surface area contributed by atoms with E-state index >= 15 is 0 Å². The zero-order chi connectivity index (χ0) is 19.0. The number of H-pyrrole nitrogens is 1. The molecule has 1 aromatic carbocycles. The normalized spacial score (nSPS) is 10.9. The number of rotatable bonds is 4. The number of fused-ring (bicyclic) bond motifs is 1. The van der Waals surface area contributed by atoms with Crippen LogP contribution in [0.3, 0.4) is 0 Å². The van der Waals surface area contributed by atoms with Crippen molar-refractivity contribution in [1.82, 2.24) is 19.5 Å². The van der Waals surface area contributed by atoms with Crippen LogP contribution in [0.5, 0.6) is 17.4 Å². The van der Waals surface area contributed by atoms with Gasteiger partial charge >= 0.3 is 5.69 Å². The lowest BCUT2D eigenvalue weighted by atomic mass is 10.2. The number of pyridine rings is 2. The zero-order valence-electron chi connectivity index (χ0n) is 14.6. The van der Waals surface area contributed by atoms with Gasteiger partial charge in [0.15, 0.2) is 5.82 Å². The van der Waals surface area contributed by atoms with Crippen molar-refractivity contribution in [3.8, 4) is 23.1 Å². The molecule has 0 radical (unpaired) electrons. The van der Waals surface area contributed by atoms with Gasteiger partial charge in [0.25, 0.3) is 5.88 Å². The summed E-state index contributed by atoms with van der Waals surface area (Å²) in [5, 5.41) is 0. The minimum Gasteiger partial charge on any atom is -0.496 e. The van der Waals surface area contributed by atoms with Crippen LogP contribution >= 0.6 is 0 Å². The van der Waals surface area contributed by atoms with Crippen LogP contribution in [0.25, 0.3) is 16.7 Å². The Kier molecular flexibility index (Phi) is 4.08. The molecule has 0 fully saturated rings. The number of benzene rings is 1. The van der Waals surface area contributed by atoms with Crippen LogP contribution in [0, 0.1) is 12.7 Å². The number of nitrogens with zero attached hydrogens (tertiary/aromatic N) is 3. The van der Waals surface area contributed by atoms with E-state index in [1.165, 1.54) is 23.0 Å². The molecule has 4 rings (SSSR count). The summed E-state index contributed by atoms with van der Waals surface area (Å²) in [4.78, 5) is 22.9. The van der Waals surface area contributed by atoms with Gasteiger partial charge in [0.1, 0.15) is 11.5 Å². The summed E-state index contributed by atoms with van der Waals surface area (Å²) in [6.45, 7) is 1.89. The highest BCUT2D eigenvalue weighted by Gasteiger charge is 2.14. The number of hydrogen-bond acceptors (Lipinski definition) is 5. The van der Waals surface area contributed by atoms with E-state index in [1.807, 2.05) is 6.92 Å². The fraction of sp³-hybridized carbons (Fsp3) is 0.105. The largest absolute Gasteiger partial charge is 0.496 e. The van der Waals surface area contributed by atoms with Gasteiger partial charge in [-0.05, 0) is 24.6 Å². The summed E-state index contributed by atoms with van der Waals surface area (Å²) in [5.74, 6) is 0.136. The summed E-state index contributed by atoms with van der Waals surface area (Å²) < 4.78 is 26.7. The molecule has 0 spiro atoms. The van der Waals surface area contributed by atoms with E-state index in [1.54, 1.807) is 37.6 Å². The fourth-order valence-electron chi connectivity index (χ4n) is 2.80. The average Bonchev–Trinajstić information content (AvgIpc) is 3.00. The smallest absolute Gasteiger partial charge is 0.331 e. The Labute approximate surface area is 153 Å². The number of aromatic amines is 1. The second-order valence-electron chi connectivity index (χ2n) is 5.87. The highest BCUT2D eigenvalue weighted by atomic mass is 19.1. The third-order valence-electron chi connectivity index (χ3n) is 4.13. The molecule has 0 aliphatic heterocycles. The number of methoxy groups -OCH3 is 1. The topological polar surface area (TPSA) is 82.0 Å². The molecule has 0 aliphatic carbocycles. The molecule has 0 unspecified atom stereocenters. The van der Waals surface area contributed by atoms with Crippen LogP contribution in [0.15, 0.2) is 53.7 Å². The van der Waals surface area contributed by atoms with E-state index in [0.29, 0.717) is 22.5 Å². The van der Waals surface area contributed by atoms with Crippen molar-refractivity contribution >= 4 is 11.0 Å². The van der Waals surface area contributed by atoms with Gasteiger partial charge in [-0.1, -0.05) is 6.07 Å². The Morgan fingerprint density at radius 3 is 2.81 bits per heavy atom. The van der Waals surface area contributed by atoms with Gasteiger partial charge in [-0.2, -0.15) is 0 Å². The minimum absolute atomic E-state index is 0.195. The third-order valence-corrected chi connectivity index (χ3v) is 4.13. The maximum atomic E-state index is 14.6. The summed E-state index contributed by atoms with van der Waals surface area (Å²) in [7, 11) is 1.55. The average molecular weight is 366 g/mol. The summed E-state index contributed by atoms with van der Waals surface area (Å²) >= 11 is 0. The minimum atomic E-state index is -0.692. The molecule has 0 bridgehead atoms. The molecule has 4 aromatic rings. The highest BCUT2D eigenvalue weighted by Crippen LogP contribution is 2.29. The molecule has 3 aromatic heterocycles. The van der Waals surface area contributed by atoms with Gasteiger partial charge < -0.3 is 14.5 Å². The van der Waals surface area contributed by atoms with Crippen molar-refractivity contribution in [2.45, 2.75) is 6.92 Å². The molecule has 0 saturated heterocycles. The van der Waals surface area contributed by atoms with Gasteiger partial charge in [-0.15, -0.1) is 0 Å². The van der Waals surface area contributed by atoms with Crippen molar-refractivity contribution in [3.05, 3.63) is 70.8 Å². The number of aryl methyl sites for hydroxylation is 1. The maximum absolute atomic E-state index is 14.6. The lowest BCUT2D eigenvalue weighted by molar-refractivity contribution is 0.397. The quantitative estimate of drug-likeness (QED) is 0.599. The molecule has 7 nitrogen and oxygen atoms in total. The molecule has 8 heteroatoms. The van der Waals surface area contributed by atoms with E-state index in [0.717, 1.165) is 5.56 Å². The van der Waals surface area contributed by atoms with Gasteiger partial charge in [-0.25, -0.2) is 14.2 Å². The third kappa shape index (κ3) is 3.01. The second kappa shape index (κ2) is 6.56. The van der Waals surface area contributed by atoms with Gasteiger partial charge in [-0.3, -0.25) is 9.55 Å². The first-order valence-electron chi connectivity index (χ1n) is 8.10. The molecule has 3 heterocycles. The molecule has 27 heavy (non-hydrogen) atoms. The Hall–Kier alpha value is -3.68. The number of ether oxygens (including phenoxy) is 2. The lowest BCUT2D eigenvalue weighted by Crippen LogP contribution is -2.15. The standard InChI is InChI=1S/C19H15FN4O3/c1-11-3-4-13(8-17(11)26-2)27-18-14(20)7-12(9-22-18)24-16-5-6-21-10-15(16)23-19(24)25/h3-10H,1-2H3,(H,23,25). The monoisotopic (exact) mass is 366 g/mol. The molecule has 0 amide bonds. The van der Waals surface area contributed by atoms with Gasteiger partial charge in [0.05, 0.1) is 36.2 Å². The maximum Gasteiger partial charge on any atom is 0.331 e. The number of halogens is 1. The first-order chi connectivity index (χ1) is 13.1. The zero-order valence-corrected chi connectivity index (χ0v) is 14.6. The summed E-state index contributed by atoms with van der Waals surface area (Å²) in [6.07, 6.45) is 4.45. The van der Waals surface area contributed by atoms with E-state index in [9.17, 15) is 9.18 Å². The van der Waals surface area contributed by atoms with E-state index < -0.39 is 11.5 Å². The molecule has 1 N–H and O–H groups in total. The molecule has 0 atom stereocenters. The van der Waals surface area contributed by atoms with Crippen molar-refractivity contribution in [2.24, 2.45) is 0 Å². The predicted molar refractivity (Wildman–Crippen MR) is 97.2 cm³/mol. The molecule has 136 valence electrons. The molecular weight excluding hydrogens is 351 g/mol. The predicted octanol–water partition coefficient (Wildman–Crippen LogP) is 3.36. The van der Waals surface area contributed by atoms with Gasteiger partial charge in [0.2, 0.25) is 0 Å². The van der Waals surface area contributed by atoms with Crippen LogP contribution in [-0.2, 0) is 0 Å². The van der Waals surface area contributed by atoms with E-state index in [2.05, 4.69) is 15.0 Å². The Morgan fingerprint density at radius 1 is 1.19 bits per heavy atom. The van der Waals surface area contributed by atoms with Gasteiger partial charge in [0, 0.05) is 18.3 Å². The Bertz CT molecular complexity index is 1200. The van der Waals surface area contributed by atoms with E-state index in [-0.39, 0.29) is 11.6 Å². The van der Waals surface area contributed by atoms with Crippen LogP contribution in [0.1, 0.15) is 5.56 Å². The Morgan fingerprint density at radius 2 is 2.04 bits per heavy atom. The second-order valence-corrected chi connectivity index (χ2v) is 5.87.